The second-order valence-corrected chi connectivity index (χ2v) is 6.23. The number of benzene rings is 1. The van der Waals surface area contributed by atoms with Gasteiger partial charge in [0.1, 0.15) is 5.75 Å². The molecular formula is C16H20F3NO. The zero-order chi connectivity index (χ0) is 15.0. The minimum absolute atomic E-state index is 0.108. The fourth-order valence-corrected chi connectivity index (χ4v) is 4.24. The average Bonchev–Trinajstić information content (AvgIpc) is 3.00. The SMILES string of the molecule is CNC(c1cccc(OC(F)(F)F)c1)C1CC2CCC1C2. The summed E-state index contributed by atoms with van der Waals surface area (Å²) in [5.74, 6) is 1.91. The molecule has 4 atom stereocenters. The Bertz CT molecular complexity index is 503. The topological polar surface area (TPSA) is 21.3 Å². The highest BCUT2D eigenvalue weighted by Crippen LogP contribution is 2.52. The second-order valence-electron chi connectivity index (χ2n) is 6.23. The van der Waals surface area contributed by atoms with E-state index in [1.54, 1.807) is 6.07 Å². The standard InChI is InChI=1S/C16H20F3NO/c1-20-15(14-8-10-5-6-11(14)7-10)12-3-2-4-13(9-12)21-16(17,18)19/h2-4,9-11,14-15,20H,5-8H2,1H3. The van der Waals surface area contributed by atoms with Gasteiger partial charge in [0.2, 0.25) is 0 Å². The highest BCUT2D eigenvalue weighted by Gasteiger charge is 2.43. The van der Waals surface area contributed by atoms with Gasteiger partial charge in [0.25, 0.3) is 0 Å². The van der Waals surface area contributed by atoms with Crippen molar-refractivity contribution in [3.8, 4) is 5.75 Å². The van der Waals surface area contributed by atoms with Crippen LogP contribution in [0.4, 0.5) is 13.2 Å². The Hall–Kier alpha value is -1.23. The molecule has 1 aromatic rings. The van der Waals surface area contributed by atoms with Crippen LogP contribution in [0, 0.1) is 17.8 Å². The monoisotopic (exact) mass is 299 g/mol. The Kier molecular flexibility index (Phi) is 3.86. The molecule has 4 unspecified atom stereocenters. The Morgan fingerprint density at radius 3 is 2.62 bits per heavy atom. The molecule has 0 saturated heterocycles. The summed E-state index contributed by atoms with van der Waals surface area (Å²) in [5.41, 5.74) is 0.886. The van der Waals surface area contributed by atoms with Crippen molar-refractivity contribution < 1.29 is 17.9 Å². The maximum Gasteiger partial charge on any atom is 0.573 e. The molecule has 2 saturated carbocycles. The molecule has 0 heterocycles. The molecule has 2 fully saturated rings. The fraction of sp³-hybridized carbons (Fsp3) is 0.625. The van der Waals surface area contributed by atoms with Gasteiger partial charge in [-0.05, 0) is 61.8 Å². The molecule has 5 heteroatoms. The van der Waals surface area contributed by atoms with Crippen LogP contribution >= 0.6 is 0 Å². The number of nitrogens with one attached hydrogen (secondary N) is 1. The Morgan fingerprint density at radius 2 is 2.05 bits per heavy atom. The molecule has 0 aliphatic heterocycles. The lowest BCUT2D eigenvalue weighted by Gasteiger charge is -2.31. The van der Waals surface area contributed by atoms with E-state index in [2.05, 4.69) is 10.1 Å². The summed E-state index contributed by atoms with van der Waals surface area (Å²) in [6, 6.07) is 6.49. The summed E-state index contributed by atoms with van der Waals surface area (Å²) >= 11 is 0. The van der Waals surface area contributed by atoms with Gasteiger partial charge in [-0.15, -0.1) is 13.2 Å². The third-order valence-electron chi connectivity index (χ3n) is 4.98. The van der Waals surface area contributed by atoms with E-state index in [-0.39, 0.29) is 11.8 Å². The van der Waals surface area contributed by atoms with Crippen LogP contribution in [0.5, 0.6) is 5.75 Å². The lowest BCUT2D eigenvalue weighted by molar-refractivity contribution is -0.274. The molecular weight excluding hydrogens is 279 g/mol. The summed E-state index contributed by atoms with van der Waals surface area (Å²) in [4.78, 5) is 0. The first-order valence-electron chi connectivity index (χ1n) is 7.49. The van der Waals surface area contributed by atoms with Crippen LogP contribution in [0.3, 0.4) is 0 Å². The third-order valence-corrected chi connectivity index (χ3v) is 4.98. The third kappa shape index (κ3) is 3.18. The normalized spacial score (nSPS) is 29.6. The Labute approximate surface area is 122 Å². The molecule has 3 rings (SSSR count). The van der Waals surface area contributed by atoms with Crippen molar-refractivity contribution in [1.29, 1.82) is 0 Å². The highest BCUT2D eigenvalue weighted by atomic mass is 19.4. The minimum Gasteiger partial charge on any atom is -0.406 e. The number of ether oxygens (including phenoxy) is 1. The van der Waals surface area contributed by atoms with Crippen LogP contribution in [0.1, 0.15) is 37.3 Å². The van der Waals surface area contributed by atoms with Gasteiger partial charge in [0, 0.05) is 6.04 Å². The molecule has 0 aromatic heterocycles. The fourth-order valence-electron chi connectivity index (χ4n) is 4.24. The van der Waals surface area contributed by atoms with Crippen LogP contribution in [0.25, 0.3) is 0 Å². The van der Waals surface area contributed by atoms with Crippen LogP contribution in [-0.2, 0) is 0 Å². The maximum atomic E-state index is 12.3. The van der Waals surface area contributed by atoms with Crippen molar-refractivity contribution in [3.63, 3.8) is 0 Å². The van der Waals surface area contributed by atoms with Gasteiger partial charge >= 0.3 is 6.36 Å². The molecule has 1 N–H and O–H groups in total. The number of hydrogen-bond donors (Lipinski definition) is 1. The van der Waals surface area contributed by atoms with Gasteiger partial charge in [-0.2, -0.15) is 0 Å². The van der Waals surface area contributed by atoms with E-state index < -0.39 is 6.36 Å². The van der Waals surface area contributed by atoms with Crippen LogP contribution in [-0.4, -0.2) is 13.4 Å². The lowest BCUT2D eigenvalue weighted by atomic mass is 9.80. The number of halogens is 3. The van der Waals surface area contributed by atoms with Gasteiger partial charge < -0.3 is 10.1 Å². The van der Waals surface area contributed by atoms with E-state index >= 15 is 0 Å². The largest absolute Gasteiger partial charge is 0.573 e. The Balaban J connectivity index is 1.79. The molecule has 0 amide bonds. The number of fused-ring (bicyclic) bond motifs is 2. The molecule has 2 aliphatic rings. The van der Waals surface area contributed by atoms with Crippen LogP contribution in [0.2, 0.25) is 0 Å². The predicted molar refractivity (Wildman–Crippen MR) is 73.9 cm³/mol. The van der Waals surface area contributed by atoms with Gasteiger partial charge in [0.15, 0.2) is 0 Å². The van der Waals surface area contributed by atoms with Crippen molar-refractivity contribution >= 4 is 0 Å². The van der Waals surface area contributed by atoms with E-state index in [0.29, 0.717) is 11.8 Å². The van der Waals surface area contributed by atoms with E-state index in [0.717, 1.165) is 11.5 Å². The minimum atomic E-state index is -4.64. The quantitative estimate of drug-likeness (QED) is 0.896. The summed E-state index contributed by atoms with van der Waals surface area (Å²) in [6.07, 6.45) is 0.392. The number of alkyl halides is 3. The maximum absolute atomic E-state index is 12.3. The predicted octanol–water partition coefficient (Wildman–Crippen LogP) is 4.28. The average molecular weight is 299 g/mol. The molecule has 0 radical (unpaired) electrons. The summed E-state index contributed by atoms with van der Waals surface area (Å²) in [7, 11) is 1.88. The second kappa shape index (κ2) is 5.52. The van der Waals surface area contributed by atoms with Gasteiger partial charge in [-0.3, -0.25) is 0 Å². The smallest absolute Gasteiger partial charge is 0.406 e. The zero-order valence-electron chi connectivity index (χ0n) is 12.0. The summed E-state index contributed by atoms with van der Waals surface area (Å²) in [5, 5.41) is 3.30. The molecule has 2 bridgehead atoms. The van der Waals surface area contributed by atoms with E-state index in [4.69, 9.17) is 0 Å². The summed E-state index contributed by atoms with van der Waals surface area (Å²) in [6.45, 7) is 0. The first kappa shape index (κ1) is 14.7. The van der Waals surface area contributed by atoms with E-state index in [1.807, 2.05) is 13.1 Å². The number of rotatable bonds is 4. The first-order chi connectivity index (χ1) is 9.96. The van der Waals surface area contributed by atoms with Crippen molar-refractivity contribution in [1.82, 2.24) is 5.32 Å². The van der Waals surface area contributed by atoms with Crippen LogP contribution < -0.4 is 10.1 Å². The molecule has 2 aliphatic carbocycles. The van der Waals surface area contributed by atoms with Gasteiger partial charge in [-0.1, -0.05) is 18.6 Å². The van der Waals surface area contributed by atoms with Crippen molar-refractivity contribution in [2.45, 2.75) is 38.1 Å². The molecule has 1 aromatic carbocycles. The molecule has 2 nitrogen and oxygen atoms in total. The van der Waals surface area contributed by atoms with E-state index in [9.17, 15) is 13.2 Å². The number of hydrogen-bond acceptors (Lipinski definition) is 2. The first-order valence-corrected chi connectivity index (χ1v) is 7.49. The van der Waals surface area contributed by atoms with E-state index in [1.165, 1.54) is 37.8 Å². The van der Waals surface area contributed by atoms with Crippen molar-refractivity contribution in [2.24, 2.45) is 17.8 Å². The van der Waals surface area contributed by atoms with Gasteiger partial charge in [-0.25, -0.2) is 0 Å². The highest BCUT2D eigenvalue weighted by molar-refractivity contribution is 5.31. The lowest BCUT2D eigenvalue weighted by Crippen LogP contribution is -2.29. The van der Waals surface area contributed by atoms with Crippen molar-refractivity contribution in [2.75, 3.05) is 7.05 Å². The summed E-state index contributed by atoms with van der Waals surface area (Å²) < 4.78 is 41.1. The van der Waals surface area contributed by atoms with Crippen molar-refractivity contribution in [3.05, 3.63) is 29.8 Å². The zero-order valence-corrected chi connectivity index (χ0v) is 12.0. The molecule has 0 spiro atoms. The Morgan fingerprint density at radius 1 is 1.24 bits per heavy atom. The molecule has 116 valence electrons. The molecule has 21 heavy (non-hydrogen) atoms. The van der Waals surface area contributed by atoms with Gasteiger partial charge in [0.05, 0.1) is 0 Å². The van der Waals surface area contributed by atoms with Crippen LogP contribution in [0.15, 0.2) is 24.3 Å².